The Morgan fingerprint density at radius 1 is 1.16 bits per heavy atom. The number of hydrogen-bond acceptors (Lipinski definition) is 6. The molecule has 0 radical (unpaired) electrons. The predicted molar refractivity (Wildman–Crippen MR) is 119 cm³/mol. The van der Waals surface area contributed by atoms with Gasteiger partial charge in [-0.05, 0) is 35.4 Å². The van der Waals surface area contributed by atoms with Crippen LogP contribution in [0.15, 0.2) is 60.7 Å². The number of cyclic esters (lactones) is 1. The summed E-state index contributed by atoms with van der Waals surface area (Å²) in [5.74, 6) is -0.497. The molecule has 1 saturated heterocycles. The van der Waals surface area contributed by atoms with Crippen molar-refractivity contribution in [2.24, 2.45) is 0 Å². The number of hydrogen-bond donors (Lipinski definition) is 2. The van der Waals surface area contributed by atoms with Crippen molar-refractivity contribution in [1.29, 1.82) is 0 Å². The fraction of sp³-hybridized carbons (Fsp3) is 0.292. The van der Waals surface area contributed by atoms with Crippen molar-refractivity contribution >= 4 is 29.2 Å². The number of anilines is 1. The first-order chi connectivity index (χ1) is 15.5. The molecule has 2 aliphatic rings. The maximum Gasteiger partial charge on any atom is 0.414 e. The van der Waals surface area contributed by atoms with Crippen molar-refractivity contribution in [1.82, 2.24) is 10.6 Å². The van der Waals surface area contributed by atoms with E-state index in [2.05, 4.69) is 16.7 Å². The number of ether oxygens (including phenoxy) is 2. The molecule has 0 unspecified atom stereocenters. The molecule has 8 nitrogen and oxygen atoms in total. The molecule has 2 atom stereocenters. The molecular formula is C24H25N3O5. The Balaban J connectivity index is 1.32. The molecule has 0 saturated carbocycles. The number of carbonyl (C=O) groups excluding carboxylic acids is 3. The van der Waals surface area contributed by atoms with Gasteiger partial charge in [-0.3, -0.25) is 9.69 Å². The van der Waals surface area contributed by atoms with Crippen LogP contribution >= 0.6 is 0 Å². The Hall–Kier alpha value is -3.65. The first-order valence-electron chi connectivity index (χ1n) is 10.5. The highest BCUT2D eigenvalue weighted by atomic mass is 16.6. The summed E-state index contributed by atoms with van der Waals surface area (Å²) in [6.45, 7) is 3.03. The number of esters is 1. The Kier molecular flexibility index (Phi) is 6.51. The number of nitrogens with zero attached hydrogens (tertiary/aromatic N) is 1. The van der Waals surface area contributed by atoms with Crippen molar-refractivity contribution in [3.63, 3.8) is 0 Å². The Morgan fingerprint density at radius 3 is 2.62 bits per heavy atom. The molecule has 1 fully saturated rings. The van der Waals surface area contributed by atoms with Crippen LogP contribution in [0, 0.1) is 0 Å². The van der Waals surface area contributed by atoms with Crippen LogP contribution in [-0.2, 0) is 14.3 Å². The van der Waals surface area contributed by atoms with Gasteiger partial charge in [-0.25, -0.2) is 9.59 Å². The topological polar surface area (TPSA) is 97.0 Å². The van der Waals surface area contributed by atoms with Crippen LogP contribution in [0.5, 0.6) is 0 Å². The maximum atomic E-state index is 12.2. The average Bonchev–Trinajstić information content (AvgIpc) is 3.43. The minimum Gasteiger partial charge on any atom is -0.460 e. The third-order valence-corrected chi connectivity index (χ3v) is 5.36. The van der Waals surface area contributed by atoms with Crippen molar-refractivity contribution in [2.75, 3.05) is 31.1 Å². The summed E-state index contributed by atoms with van der Waals surface area (Å²) in [5, 5.41) is 6.00. The van der Waals surface area contributed by atoms with E-state index < -0.39 is 6.09 Å². The summed E-state index contributed by atoms with van der Waals surface area (Å²) in [6.07, 6.45) is 1.27. The quantitative estimate of drug-likeness (QED) is 0.648. The fourth-order valence-electron chi connectivity index (χ4n) is 3.68. The Bertz CT molecular complexity index is 1020. The zero-order valence-electron chi connectivity index (χ0n) is 17.7. The highest BCUT2D eigenvalue weighted by molar-refractivity contribution is 5.90. The van der Waals surface area contributed by atoms with Crippen molar-refractivity contribution in [3.8, 4) is 0 Å². The minimum atomic E-state index is -0.421. The van der Waals surface area contributed by atoms with Gasteiger partial charge in [0.25, 0.3) is 0 Å². The van der Waals surface area contributed by atoms with Crippen LogP contribution in [0.3, 0.4) is 0 Å². The van der Waals surface area contributed by atoms with Gasteiger partial charge in [0, 0.05) is 19.2 Å². The molecule has 166 valence electrons. The summed E-state index contributed by atoms with van der Waals surface area (Å²) in [4.78, 5) is 36.9. The van der Waals surface area contributed by atoms with Gasteiger partial charge in [0.1, 0.15) is 12.7 Å². The number of benzene rings is 2. The first-order valence-corrected chi connectivity index (χ1v) is 10.5. The summed E-state index contributed by atoms with van der Waals surface area (Å²) < 4.78 is 10.7. The third kappa shape index (κ3) is 5.15. The third-order valence-electron chi connectivity index (χ3n) is 5.36. The second-order valence-corrected chi connectivity index (χ2v) is 7.74. The molecule has 0 aromatic heterocycles. The maximum absolute atomic E-state index is 12.2. The molecule has 4 rings (SSSR count). The van der Waals surface area contributed by atoms with Gasteiger partial charge < -0.3 is 20.1 Å². The van der Waals surface area contributed by atoms with E-state index >= 15 is 0 Å². The number of amides is 2. The van der Waals surface area contributed by atoms with Gasteiger partial charge >= 0.3 is 12.1 Å². The van der Waals surface area contributed by atoms with E-state index in [4.69, 9.17) is 9.47 Å². The molecule has 2 amide bonds. The van der Waals surface area contributed by atoms with Crippen molar-refractivity contribution < 1.29 is 23.9 Å². The number of rotatable bonds is 7. The molecule has 0 spiro atoms. The molecule has 2 heterocycles. The van der Waals surface area contributed by atoms with Gasteiger partial charge in [-0.15, -0.1) is 0 Å². The van der Waals surface area contributed by atoms with Crippen LogP contribution in [0.25, 0.3) is 5.57 Å². The molecule has 0 aliphatic carbocycles. The standard InChI is InChI=1S/C24H25N3O5/c1-16(28)25-13-22-14-27(24(30)32-22)21-9-7-17(8-10-21)19-11-20(26-12-19)15-31-23(29)18-5-3-2-4-6-18/h2-11,20,22,26H,12-15H2,1H3,(H,25,28)/t20-,22-/m0/s1. The van der Waals surface area contributed by atoms with Gasteiger partial charge in [0.15, 0.2) is 0 Å². The summed E-state index contributed by atoms with van der Waals surface area (Å²) >= 11 is 0. The fourth-order valence-corrected chi connectivity index (χ4v) is 3.68. The van der Waals surface area contributed by atoms with Crippen LogP contribution in [-0.4, -0.2) is 56.4 Å². The van der Waals surface area contributed by atoms with Crippen LogP contribution < -0.4 is 15.5 Å². The van der Waals surface area contributed by atoms with E-state index in [1.165, 1.54) is 6.92 Å². The van der Waals surface area contributed by atoms with Crippen LogP contribution in [0.2, 0.25) is 0 Å². The first kappa shape index (κ1) is 21.6. The summed E-state index contributed by atoms with van der Waals surface area (Å²) in [6, 6.07) is 16.5. The van der Waals surface area contributed by atoms with Gasteiger partial charge in [0.05, 0.1) is 24.7 Å². The molecular weight excluding hydrogens is 410 g/mol. The zero-order chi connectivity index (χ0) is 22.5. The predicted octanol–water partition coefficient (Wildman–Crippen LogP) is 2.36. The summed E-state index contributed by atoms with van der Waals surface area (Å²) in [5.41, 5.74) is 3.40. The van der Waals surface area contributed by atoms with E-state index in [0.29, 0.717) is 25.2 Å². The largest absolute Gasteiger partial charge is 0.460 e. The van der Waals surface area contributed by atoms with Gasteiger partial charge in [-0.1, -0.05) is 36.4 Å². The monoisotopic (exact) mass is 435 g/mol. The highest BCUT2D eigenvalue weighted by Gasteiger charge is 2.32. The number of carbonyl (C=O) groups is 3. The van der Waals surface area contributed by atoms with E-state index in [0.717, 1.165) is 16.8 Å². The SMILES string of the molecule is CC(=O)NC[C@H]1CN(c2ccc(C3=C[C@@H](COC(=O)c4ccccc4)NC3)cc2)C(=O)O1. The normalized spacial score (nSPS) is 20.0. The molecule has 2 aromatic carbocycles. The Labute approximate surface area is 186 Å². The van der Waals surface area contributed by atoms with E-state index in [1.54, 1.807) is 29.2 Å². The van der Waals surface area contributed by atoms with Crippen LogP contribution in [0.1, 0.15) is 22.8 Å². The number of nitrogens with one attached hydrogen (secondary N) is 2. The van der Waals surface area contributed by atoms with E-state index in [1.807, 2.05) is 30.3 Å². The van der Waals surface area contributed by atoms with E-state index in [9.17, 15) is 14.4 Å². The molecule has 8 heteroatoms. The minimum absolute atomic E-state index is 0.0552. The van der Waals surface area contributed by atoms with Gasteiger partial charge in [0.2, 0.25) is 5.91 Å². The highest BCUT2D eigenvalue weighted by Crippen LogP contribution is 2.25. The lowest BCUT2D eigenvalue weighted by atomic mass is 10.1. The Morgan fingerprint density at radius 2 is 1.91 bits per heavy atom. The second kappa shape index (κ2) is 9.65. The van der Waals surface area contributed by atoms with E-state index in [-0.39, 0.29) is 30.6 Å². The van der Waals surface area contributed by atoms with Gasteiger partial charge in [-0.2, -0.15) is 0 Å². The van der Waals surface area contributed by atoms with Crippen molar-refractivity contribution in [2.45, 2.75) is 19.1 Å². The second-order valence-electron chi connectivity index (χ2n) is 7.74. The molecule has 0 bridgehead atoms. The smallest absolute Gasteiger partial charge is 0.414 e. The molecule has 2 aromatic rings. The molecule has 2 aliphatic heterocycles. The van der Waals surface area contributed by atoms with Crippen molar-refractivity contribution in [3.05, 3.63) is 71.8 Å². The lowest BCUT2D eigenvalue weighted by molar-refractivity contribution is -0.119. The lowest BCUT2D eigenvalue weighted by Crippen LogP contribution is -2.33. The summed E-state index contributed by atoms with van der Waals surface area (Å²) in [7, 11) is 0. The average molecular weight is 435 g/mol. The molecule has 32 heavy (non-hydrogen) atoms. The molecule has 2 N–H and O–H groups in total. The lowest BCUT2D eigenvalue weighted by Gasteiger charge is -2.14. The zero-order valence-corrected chi connectivity index (χ0v) is 17.7. The van der Waals surface area contributed by atoms with Crippen LogP contribution in [0.4, 0.5) is 10.5 Å².